The fraction of sp³-hybridized carbons (Fsp3) is 0.111. The number of sulfonamides is 1. The van der Waals surface area contributed by atoms with E-state index in [-0.39, 0.29) is 16.8 Å². The van der Waals surface area contributed by atoms with Crippen LogP contribution in [-0.4, -0.2) is 53.5 Å². The molecule has 0 bridgehead atoms. The highest BCUT2D eigenvalue weighted by atomic mass is 32.2. The zero-order valence-electron chi connectivity index (χ0n) is 16.1. The first kappa shape index (κ1) is 19.8. The number of nitrogens with two attached hydrogens (primary N) is 1. The average Bonchev–Trinajstić information content (AvgIpc) is 3.29. The molecule has 0 atom stereocenters. The second kappa shape index (κ2) is 7.72. The second-order valence-corrected chi connectivity index (χ2v) is 9.12. The van der Waals surface area contributed by atoms with Crippen LogP contribution in [0.2, 0.25) is 0 Å². The predicted molar refractivity (Wildman–Crippen MR) is 118 cm³/mol. The molecule has 0 saturated carbocycles. The van der Waals surface area contributed by atoms with Crippen LogP contribution in [0.4, 0.5) is 17.6 Å². The summed E-state index contributed by atoms with van der Waals surface area (Å²) in [6, 6.07) is 13.9. The zero-order valence-corrected chi connectivity index (χ0v) is 17.7. The van der Waals surface area contributed by atoms with E-state index in [1.165, 1.54) is 34.5 Å². The third-order valence-electron chi connectivity index (χ3n) is 3.90. The van der Waals surface area contributed by atoms with Crippen LogP contribution in [0.5, 0.6) is 0 Å². The Kier molecular flexibility index (Phi) is 5.10. The lowest BCUT2D eigenvalue weighted by atomic mass is 10.3. The smallest absolute Gasteiger partial charge is 0.283 e. The highest BCUT2D eigenvalue weighted by molar-refractivity contribution is 7.90. The number of benzene rings is 2. The SMILES string of the molecule is CN(C)C=NS(=O)(=O)c1cccc(Nc2nc(N)n(-c3nc4ccccc4s3)n2)c1. The Hall–Kier alpha value is -3.51. The van der Waals surface area contributed by atoms with Gasteiger partial charge in [0.25, 0.3) is 10.0 Å². The Labute approximate surface area is 176 Å². The van der Waals surface area contributed by atoms with Crippen molar-refractivity contribution in [3.63, 3.8) is 0 Å². The van der Waals surface area contributed by atoms with Gasteiger partial charge in [-0.15, -0.1) is 9.50 Å². The van der Waals surface area contributed by atoms with Crippen LogP contribution in [0, 0.1) is 0 Å². The third kappa shape index (κ3) is 4.09. The maximum atomic E-state index is 12.4. The molecule has 154 valence electrons. The first-order valence-electron chi connectivity index (χ1n) is 8.74. The number of anilines is 3. The standard InChI is InChI=1S/C18H18N8O2S2/c1-25(2)11-20-30(27,28)13-7-5-6-12(10-13)21-17-23-16(19)26(24-17)18-22-14-8-3-4-9-15(14)29-18/h3-11H,1-2H3,(H3,19,21,23,24). The van der Waals surface area contributed by atoms with E-state index in [0.717, 1.165) is 10.2 Å². The number of nitrogens with one attached hydrogen (secondary N) is 1. The van der Waals surface area contributed by atoms with Gasteiger partial charge in [-0.1, -0.05) is 29.5 Å². The van der Waals surface area contributed by atoms with Crippen molar-refractivity contribution in [3.8, 4) is 5.13 Å². The summed E-state index contributed by atoms with van der Waals surface area (Å²) < 4.78 is 30.8. The minimum atomic E-state index is -3.82. The van der Waals surface area contributed by atoms with Gasteiger partial charge < -0.3 is 16.0 Å². The van der Waals surface area contributed by atoms with Gasteiger partial charge in [0.2, 0.25) is 17.0 Å². The summed E-state index contributed by atoms with van der Waals surface area (Å²) in [6.45, 7) is 0. The molecule has 2 aromatic carbocycles. The monoisotopic (exact) mass is 442 g/mol. The Bertz CT molecular complexity index is 1310. The minimum absolute atomic E-state index is 0.0455. The molecule has 4 rings (SSSR count). The predicted octanol–water partition coefficient (Wildman–Crippen LogP) is 2.48. The summed E-state index contributed by atoms with van der Waals surface area (Å²) >= 11 is 1.44. The lowest BCUT2D eigenvalue weighted by Crippen LogP contribution is -2.10. The summed E-state index contributed by atoms with van der Waals surface area (Å²) in [4.78, 5) is 10.3. The van der Waals surface area contributed by atoms with Gasteiger partial charge in [-0.25, -0.2) is 4.98 Å². The van der Waals surface area contributed by atoms with Crippen molar-refractivity contribution >= 4 is 55.5 Å². The van der Waals surface area contributed by atoms with Gasteiger partial charge in [0, 0.05) is 19.8 Å². The van der Waals surface area contributed by atoms with E-state index < -0.39 is 10.0 Å². The Morgan fingerprint density at radius 2 is 1.97 bits per heavy atom. The Balaban J connectivity index is 1.61. The molecule has 0 amide bonds. The van der Waals surface area contributed by atoms with Crippen LogP contribution in [0.3, 0.4) is 0 Å². The molecule has 0 unspecified atom stereocenters. The molecule has 0 spiro atoms. The number of nitrogens with zero attached hydrogens (tertiary/aromatic N) is 6. The molecule has 0 fully saturated rings. The molecular weight excluding hydrogens is 424 g/mol. The van der Waals surface area contributed by atoms with Crippen molar-refractivity contribution in [1.29, 1.82) is 0 Å². The number of nitrogen functional groups attached to an aromatic ring is 1. The lowest BCUT2D eigenvalue weighted by molar-refractivity contribution is 0.595. The van der Waals surface area contributed by atoms with E-state index in [1.807, 2.05) is 24.3 Å². The maximum absolute atomic E-state index is 12.4. The molecule has 0 aliphatic carbocycles. The minimum Gasteiger partial charge on any atom is -0.368 e. The van der Waals surface area contributed by atoms with Gasteiger partial charge in [-0.2, -0.15) is 18.1 Å². The topological polar surface area (TPSA) is 131 Å². The molecular formula is C18H18N8O2S2. The number of rotatable bonds is 6. The van der Waals surface area contributed by atoms with Gasteiger partial charge in [-0.3, -0.25) is 0 Å². The molecule has 10 nitrogen and oxygen atoms in total. The Morgan fingerprint density at radius 3 is 2.73 bits per heavy atom. The summed E-state index contributed by atoms with van der Waals surface area (Å²) in [6.07, 6.45) is 1.23. The number of hydrogen-bond acceptors (Lipinski definition) is 8. The van der Waals surface area contributed by atoms with Crippen molar-refractivity contribution in [2.75, 3.05) is 25.1 Å². The summed E-state index contributed by atoms with van der Waals surface area (Å²) in [5, 5.41) is 7.91. The molecule has 2 heterocycles. The van der Waals surface area contributed by atoms with E-state index >= 15 is 0 Å². The van der Waals surface area contributed by atoms with Crippen LogP contribution in [0.15, 0.2) is 57.8 Å². The van der Waals surface area contributed by atoms with Crippen molar-refractivity contribution in [2.45, 2.75) is 4.90 Å². The summed E-state index contributed by atoms with van der Waals surface area (Å²) in [5.74, 6) is 0.383. The van der Waals surface area contributed by atoms with Crippen molar-refractivity contribution < 1.29 is 8.42 Å². The maximum Gasteiger partial charge on any atom is 0.283 e. The van der Waals surface area contributed by atoms with Crippen molar-refractivity contribution in [2.24, 2.45) is 4.40 Å². The number of hydrogen-bond donors (Lipinski definition) is 2. The van der Waals surface area contributed by atoms with Crippen molar-refractivity contribution in [1.82, 2.24) is 24.6 Å². The van der Waals surface area contributed by atoms with E-state index in [9.17, 15) is 8.42 Å². The van der Waals surface area contributed by atoms with E-state index in [1.54, 1.807) is 31.1 Å². The first-order valence-corrected chi connectivity index (χ1v) is 11.0. The van der Waals surface area contributed by atoms with Gasteiger partial charge in [0.05, 0.1) is 15.1 Å². The van der Waals surface area contributed by atoms with Crippen molar-refractivity contribution in [3.05, 3.63) is 48.5 Å². The van der Waals surface area contributed by atoms with Gasteiger partial charge in [-0.05, 0) is 30.3 Å². The molecule has 0 saturated heterocycles. The molecule has 4 aromatic rings. The number of para-hydroxylation sites is 1. The quantitative estimate of drug-likeness (QED) is 0.344. The largest absolute Gasteiger partial charge is 0.368 e. The molecule has 3 N–H and O–H groups in total. The molecule has 2 aromatic heterocycles. The normalized spacial score (nSPS) is 11.9. The van der Waals surface area contributed by atoms with Gasteiger partial charge in [0.1, 0.15) is 6.34 Å². The zero-order chi connectivity index (χ0) is 21.3. The fourth-order valence-electron chi connectivity index (χ4n) is 2.55. The lowest BCUT2D eigenvalue weighted by Gasteiger charge is -2.05. The molecule has 0 aliphatic heterocycles. The van der Waals surface area contributed by atoms with E-state index in [2.05, 4.69) is 24.8 Å². The molecule has 12 heteroatoms. The van der Waals surface area contributed by atoms with Gasteiger partial charge in [0.15, 0.2) is 0 Å². The van der Waals surface area contributed by atoms with Crippen LogP contribution in [0.1, 0.15) is 0 Å². The second-order valence-electron chi connectivity index (χ2n) is 6.48. The van der Waals surface area contributed by atoms with E-state index in [0.29, 0.717) is 10.8 Å². The van der Waals surface area contributed by atoms with Gasteiger partial charge >= 0.3 is 0 Å². The van der Waals surface area contributed by atoms with Crippen LogP contribution in [-0.2, 0) is 10.0 Å². The number of thiazole rings is 1. The third-order valence-corrected chi connectivity index (χ3v) is 6.13. The molecule has 0 radical (unpaired) electrons. The van der Waals surface area contributed by atoms with Crippen LogP contribution >= 0.6 is 11.3 Å². The van der Waals surface area contributed by atoms with E-state index in [4.69, 9.17) is 5.73 Å². The number of fused-ring (bicyclic) bond motifs is 1. The average molecular weight is 443 g/mol. The Morgan fingerprint density at radius 1 is 1.17 bits per heavy atom. The highest BCUT2D eigenvalue weighted by Gasteiger charge is 2.15. The summed E-state index contributed by atoms with van der Waals surface area (Å²) in [5.41, 5.74) is 7.34. The first-order chi connectivity index (χ1) is 14.3. The fourth-order valence-corrected chi connectivity index (χ4v) is 4.44. The molecule has 30 heavy (non-hydrogen) atoms. The summed E-state index contributed by atoms with van der Waals surface area (Å²) in [7, 11) is -0.444. The van der Waals surface area contributed by atoms with Crippen LogP contribution < -0.4 is 11.1 Å². The molecule has 0 aliphatic rings. The van der Waals surface area contributed by atoms with Crippen LogP contribution in [0.25, 0.3) is 15.3 Å². The highest BCUT2D eigenvalue weighted by Crippen LogP contribution is 2.26. The number of aromatic nitrogens is 4.